The molecule has 1 atom stereocenters. The number of nitrogens with two attached hydrogens (primary N) is 1. The van der Waals surface area contributed by atoms with Crippen molar-refractivity contribution in [3.8, 4) is 5.75 Å². The third kappa shape index (κ3) is 2.95. The zero-order chi connectivity index (χ0) is 14.8. The number of benzene rings is 2. The van der Waals surface area contributed by atoms with Gasteiger partial charge in [0.05, 0.1) is 17.3 Å². The Bertz CT molecular complexity index is 688. The molecule has 0 aromatic heterocycles. The van der Waals surface area contributed by atoms with E-state index in [1.807, 2.05) is 24.3 Å². The first-order chi connectivity index (χ1) is 10.1. The fourth-order valence-corrected chi connectivity index (χ4v) is 2.54. The highest BCUT2D eigenvalue weighted by Gasteiger charge is 2.26. The van der Waals surface area contributed by atoms with Gasteiger partial charge >= 0.3 is 0 Å². The van der Waals surface area contributed by atoms with Gasteiger partial charge in [0, 0.05) is 5.02 Å². The molecule has 1 amide bonds. The van der Waals surface area contributed by atoms with Crippen molar-refractivity contribution in [2.75, 3.05) is 17.7 Å². The third-order valence-corrected chi connectivity index (χ3v) is 3.76. The summed E-state index contributed by atoms with van der Waals surface area (Å²) in [6.45, 7) is 0.364. The maximum atomic E-state index is 12.4. The lowest BCUT2D eigenvalue weighted by molar-refractivity contribution is -0.121. The van der Waals surface area contributed by atoms with Crippen molar-refractivity contribution in [1.29, 1.82) is 0 Å². The smallest absolute Gasteiger partial charge is 0.231 e. The quantitative estimate of drug-likeness (QED) is 0.838. The Labute approximate surface area is 127 Å². The summed E-state index contributed by atoms with van der Waals surface area (Å²) in [7, 11) is 0. The molecule has 0 bridgehead atoms. The number of para-hydroxylation sites is 1. The topological polar surface area (TPSA) is 64.3 Å². The standard InChI is InChI=1S/C16H15ClN2O2/c17-12-5-6-13(18)14(8-12)19-16(20)11-7-10-3-1-2-4-15(10)21-9-11/h1-6,8,11H,7,9,18H2,(H,19,20). The summed E-state index contributed by atoms with van der Waals surface area (Å²) in [6, 6.07) is 12.8. The van der Waals surface area contributed by atoms with Gasteiger partial charge in [0.2, 0.25) is 5.91 Å². The molecule has 0 saturated carbocycles. The van der Waals surface area contributed by atoms with Crippen LogP contribution in [-0.4, -0.2) is 12.5 Å². The molecule has 3 rings (SSSR count). The van der Waals surface area contributed by atoms with Crippen LogP contribution in [-0.2, 0) is 11.2 Å². The summed E-state index contributed by atoms with van der Waals surface area (Å²) in [5, 5.41) is 3.36. The summed E-state index contributed by atoms with van der Waals surface area (Å²) >= 11 is 5.92. The van der Waals surface area contributed by atoms with Crippen LogP contribution in [0.3, 0.4) is 0 Å². The molecular weight excluding hydrogens is 288 g/mol. The number of hydrogen-bond acceptors (Lipinski definition) is 3. The SMILES string of the molecule is Nc1ccc(Cl)cc1NC(=O)C1COc2ccccc2C1. The maximum absolute atomic E-state index is 12.4. The van der Waals surface area contributed by atoms with Crippen LogP contribution in [0.15, 0.2) is 42.5 Å². The number of nitrogens with one attached hydrogen (secondary N) is 1. The number of hydrogen-bond donors (Lipinski definition) is 2. The number of amides is 1. The van der Waals surface area contributed by atoms with Crippen molar-refractivity contribution >= 4 is 28.9 Å². The van der Waals surface area contributed by atoms with Crippen LogP contribution in [0.5, 0.6) is 5.75 Å². The molecule has 108 valence electrons. The van der Waals surface area contributed by atoms with E-state index in [2.05, 4.69) is 5.32 Å². The number of rotatable bonds is 2. The van der Waals surface area contributed by atoms with Crippen LogP contribution in [0, 0.1) is 5.92 Å². The Kier molecular flexibility index (Phi) is 3.71. The van der Waals surface area contributed by atoms with Crippen molar-refractivity contribution in [2.24, 2.45) is 5.92 Å². The van der Waals surface area contributed by atoms with Crippen LogP contribution >= 0.6 is 11.6 Å². The first kappa shape index (κ1) is 13.8. The number of carbonyl (C=O) groups excluding carboxylic acids is 1. The first-order valence-electron chi connectivity index (χ1n) is 6.70. The van der Waals surface area contributed by atoms with Gasteiger partial charge in [-0.15, -0.1) is 0 Å². The van der Waals surface area contributed by atoms with Gasteiger partial charge < -0.3 is 15.8 Å². The molecule has 1 heterocycles. The lowest BCUT2D eigenvalue weighted by Gasteiger charge is -2.24. The number of nitrogen functional groups attached to an aromatic ring is 1. The zero-order valence-corrected chi connectivity index (χ0v) is 12.1. The van der Waals surface area contributed by atoms with Crippen LogP contribution in [0.1, 0.15) is 5.56 Å². The molecule has 4 nitrogen and oxygen atoms in total. The van der Waals surface area contributed by atoms with Crippen molar-refractivity contribution in [3.05, 3.63) is 53.1 Å². The van der Waals surface area contributed by atoms with Crippen LogP contribution in [0.2, 0.25) is 5.02 Å². The van der Waals surface area contributed by atoms with Crippen LogP contribution in [0.4, 0.5) is 11.4 Å². The molecule has 0 saturated heterocycles. The monoisotopic (exact) mass is 302 g/mol. The molecule has 2 aromatic rings. The molecule has 1 aliphatic heterocycles. The van der Waals surface area contributed by atoms with Gasteiger partial charge in [0.15, 0.2) is 0 Å². The van der Waals surface area contributed by atoms with Crippen molar-refractivity contribution in [3.63, 3.8) is 0 Å². The summed E-state index contributed by atoms with van der Waals surface area (Å²) in [5.41, 5.74) is 7.91. The second-order valence-corrected chi connectivity index (χ2v) is 5.48. The minimum absolute atomic E-state index is 0.113. The van der Waals surface area contributed by atoms with E-state index in [1.165, 1.54) is 0 Å². The Morgan fingerprint density at radius 1 is 1.29 bits per heavy atom. The second-order valence-electron chi connectivity index (χ2n) is 5.04. The number of halogens is 1. The van der Waals surface area contributed by atoms with E-state index < -0.39 is 0 Å². The Balaban J connectivity index is 1.74. The van der Waals surface area contributed by atoms with E-state index in [0.717, 1.165) is 11.3 Å². The summed E-state index contributed by atoms with van der Waals surface area (Å²) in [6.07, 6.45) is 0.655. The lowest BCUT2D eigenvalue weighted by atomic mass is 9.96. The fourth-order valence-electron chi connectivity index (χ4n) is 2.37. The zero-order valence-electron chi connectivity index (χ0n) is 11.3. The largest absolute Gasteiger partial charge is 0.492 e. The Morgan fingerprint density at radius 3 is 2.95 bits per heavy atom. The predicted molar refractivity (Wildman–Crippen MR) is 83.6 cm³/mol. The Morgan fingerprint density at radius 2 is 2.10 bits per heavy atom. The van der Waals surface area contributed by atoms with Crippen molar-refractivity contribution in [1.82, 2.24) is 0 Å². The minimum atomic E-state index is -0.238. The van der Waals surface area contributed by atoms with Gasteiger partial charge in [-0.2, -0.15) is 0 Å². The van der Waals surface area contributed by atoms with E-state index in [4.69, 9.17) is 22.1 Å². The molecule has 2 aromatic carbocycles. The van der Waals surface area contributed by atoms with Crippen molar-refractivity contribution < 1.29 is 9.53 Å². The van der Waals surface area contributed by atoms with Gasteiger partial charge in [-0.1, -0.05) is 29.8 Å². The molecule has 0 aliphatic carbocycles. The maximum Gasteiger partial charge on any atom is 0.231 e. The second kappa shape index (κ2) is 5.66. The summed E-state index contributed by atoms with van der Waals surface area (Å²) in [5.74, 6) is 0.501. The van der Waals surface area contributed by atoms with Crippen molar-refractivity contribution in [2.45, 2.75) is 6.42 Å². The van der Waals surface area contributed by atoms with Gasteiger partial charge in [-0.25, -0.2) is 0 Å². The molecule has 0 spiro atoms. The minimum Gasteiger partial charge on any atom is -0.492 e. The van der Waals surface area contributed by atoms with Gasteiger partial charge in [-0.3, -0.25) is 4.79 Å². The lowest BCUT2D eigenvalue weighted by Crippen LogP contribution is -2.32. The molecular formula is C16H15ClN2O2. The van der Waals surface area contributed by atoms with Crippen LogP contribution in [0.25, 0.3) is 0 Å². The van der Waals surface area contributed by atoms with E-state index in [0.29, 0.717) is 29.4 Å². The molecule has 0 fully saturated rings. The summed E-state index contributed by atoms with van der Waals surface area (Å²) < 4.78 is 5.63. The highest BCUT2D eigenvalue weighted by atomic mass is 35.5. The average Bonchev–Trinajstić information content (AvgIpc) is 2.50. The van der Waals surface area contributed by atoms with E-state index >= 15 is 0 Å². The number of ether oxygens (including phenoxy) is 1. The number of carbonyl (C=O) groups is 1. The fraction of sp³-hybridized carbons (Fsp3) is 0.188. The molecule has 1 unspecified atom stereocenters. The summed E-state index contributed by atoms with van der Waals surface area (Å²) in [4.78, 5) is 12.4. The van der Waals surface area contributed by atoms with E-state index in [9.17, 15) is 4.79 Å². The third-order valence-electron chi connectivity index (χ3n) is 3.52. The predicted octanol–water partition coefficient (Wildman–Crippen LogP) is 3.11. The molecule has 0 radical (unpaired) electrons. The number of fused-ring (bicyclic) bond motifs is 1. The first-order valence-corrected chi connectivity index (χ1v) is 7.08. The van der Waals surface area contributed by atoms with E-state index in [1.54, 1.807) is 18.2 Å². The van der Waals surface area contributed by atoms with Gasteiger partial charge in [0.25, 0.3) is 0 Å². The normalized spacial score (nSPS) is 16.7. The van der Waals surface area contributed by atoms with Gasteiger partial charge in [0.1, 0.15) is 12.4 Å². The average molecular weight is 303 g/mol. The van der Waals surface area contributed by atoms with Gasteiger partial charge in [-0.05, 0) is 36.2 Å². The number of anilines is 2. The molecule has 5 heteroatoms. The van der Waals surface area contributed by atoms with E-state index in [-0.39, 0.29) is 11.8 Å². The van der Waals surface area contributed by atoms with Crippen LogP contribution < -0.4 is 15.8 Å². The molecule has 21 heavy (non-hydrogen) atoms. The Hall–Kier alpha value is -2.20. The highest BCUT2D eigenvalue weighted by Crippen LogP contribution is 2.28. The highest BCUT2D eigenvalue weighted by molar-refractivity contribution is 6.31. The molecule has 3 N–H and O–H groups in total. The molecule has 1 aliphatic rings.